The fraction of sp³-hybridized carbons (Fsp3) is 0.261. The van der Waals surface area contributed by atoms with Crippen molar-refractivity contribution in [3.8, 4) is 6.07 Å². The minimum absolute atomic E-state index is 0.0606. The molecule has 0 aliphatic heterocycles. The summed E-state index contributed by atoms with van der Waals surface area (Å²) in [6.07, 6.45) is 4.60. The summed E-state index contributed by atoms with van der Waals surface area (Å²) in [6, 6.07) is 16.1. The average Bonchev–Trinajstić information content (AvgIpc) is 2.74. The molecule has 29 heavy (non-hydrogen) atoms. The lowest BCUT2D eigenvalue weighted by atomic mass is 10.1. The van der Waals surface area contributed by atoms with Gasteiger partial charge in [0.05, 0.1) is 12.2 Å². The molecule has 0 bridgehead atoms. The van der Waals surface area contributed by atoms with Gasteiger partial charge in [0.1, 0.15) is 11.6 Å². The van der Waals surface area contributed by atoms with E-state index in [4.69, 9.17) is 4.74 Å². The van der Waals surface area contributed by atoms with Crippen molar-refractivity contribution in [2.24, 2.45) is 0 Å². The summed E-state index contributed by atoms with van der Waals surface area (Å²) in [4.78, 5) is 24.0. The van der Waals surface area contributed by atoms with Gasteiger partial charge in [0.15, 0.2) is 0 Å². The molecule has 1 amide bonds. The van der Waals surface area contributed by atoms with E-state index in [0.29, 0.717) is 23.5 Å². The van der Waals surface area contributed by atoms with Crippen LogP contribution in [0, 0.1) is 11.3 Å². The SMILES string of the molecule is CCCCc1ccc(NC(=O)/C(C#N)=C\Nc2ccc(C(=O)OCC)cc2)cc1. The molecule has 0 saturated heterocycles. The van der Waals surface area contributed by atoms with Crippen LogP contribution in [0.15, 0.2) is 60.3 Å². The highest BCUT2D eigenvalue weighted by atomic mass is 16.5. The van der Waals surface area contributed by atoms with E-state index in [-0.39, 0.29) is 5.57 Å². The standard InChI is InChI=1S/C23H25N3O3/c1-3-5-6-17-7-11-21(12-8-17)26-22(27)19(15-24)16-25-20-13-9-18(10-14-20)23(28)29-4-2/h7-14,16,25H,3-6H2,1-2H3,(H,26,27)/b19-16-. The fourth-order valence-corrected chi connectivity index (χ4v) is 2.56. The van der Waals surface area contributed by atoms with Crippen LogP contribution in [0.2, 0.25) is 0 Å². The van der Waals surface area contributed by atoms with E-state index in [1.54, 1.807) is 31.2 Å². The van der Waals surface area contributed by atoms with Crippen LogP contribution in [0.4, 0.5) is 11.4 Å². The number of nitrogens with one attached hydrogen (secondary N) is 2. The Labute approximate surface area is 171 Å². The second-order valence-corrected chi connectivity index (χ2v) is 6.37. The zero-order chi connectivity index (χ0) is 21.1. The number of carbonyl (C=O) groups excluding carboxylic acids is 2. The molecule has 2 rings (SSSR count). The lowest BCUT2D eigenvalue weighted by Crippen LogP contribution is -2.14. The van der Waals surface area contributed by atoms with Crippen molar-refractivity contribution >= 4 is 23.3 Å². The third kappa shape index (κ3) is 6.82. The van der Waals surface area contributed by atoms with Gasteiger partial charge in [-0.25, -0.2) is 4.79 Å². The largest absolute Gasteiger partial charge is 0.462 e. The number of anilines is 2. The minimum atomic E-state index is -0.496. The van der Waals surface area contributed by atoms with Crippen molar-refractivity contribution in [2.75, 3.05) is 17.2 Å². The van der Waals surface area contributed by atoms with Crippen molar-refractivity contribution in [3.05, 3.63) is 71.4 Å². The number of benzene rings is 2. The molecule has 0 heterocycles. The number of amides is 1. The van der Waals surface area contributed by atoms with Crippen molar-refractivity contribution in [2.45, 2.75) is 33.1 Å². The van der Waals surface area contributed by atoms with E-state index in [2.05, 4.69) is 17.6 Å². The smallest absolute Gasteiger partial charge is 0.338 e. The average molecular weight is 391 g/mol. The summed E-state index contributed by atoms with van der Waals surface area (Å²) in [6.45, 7) is 4.20. The first kappa shape index (κ1) is 21.7. The Morgan fingerprint density at radius 3 is 2.28 bits per heavy atom. The number of ether oxygens (including phenoxy) is 1. The summed E-state index contributed by atoms with van der Waals surface area (Å²) in [5.41, 5.74) is 2.86. The van der Waals surface area contributed by atoms with Gasteiger partial charge >= 0.3 is 5.97 Å². The first-order chi connectivity index (χ1) is 14.1. The first-order valence-electron chi connectivity index (χ1n) is 9.61. The molecule has 2 N–H and O–H groups in total. The van der Waals surface area contributed by atoms with Gasteiger partial charge in [-0.05, 0) is 61.7 Å². The van der Waals surface area contributed by atoms with E-state index in [1.165, 1.54) is 11.8 Å². The van der Waals surface area contributed by atoms with Crippen LogP contribution in [-0.4, -0.2) is 18.5 Å². The van der Waals surface area contributed by atoms with E-state index in [9.17, 15) is 14.9 Å². The van der Waals surface area contributed by atoms with Gasteiger partial charge in [-0.15, -0.1) is 0 Å². The summed E-state index contributed by atoms with van der Waals surface area (Å²) in [5, 5.41) is 14.9. The molecule has 0 fully saturated rings. The number of rotatable bonds is 9. The quantitative estimate of drug-likeness (QED) is 0.368. The lowest BCUT2D eigenvalue weighted by molar-refractivity contribution is -0.112. The number of carbonyl (C=O) groups is 2. The van der Waals surface area contributed by atoms with Gasteiger partial charge in [-0.1, -0.05) is 25.5 Å². The second-order valence-electron chi connectivity index (χ2n) is 6.37. The molecule has 6 nitrogen and oxygen atoms in total. The van der Waals surface area contributed by atoms with Crippen LogP contribution in [0.5, 0.6) is 0 Å². The maximum atomic E-state index is 12.3. The Morgan fingerprint density at radius 1 is 1.03 bits per heavy atom. The number of unbranched alkanes of at least 4 members (excludes halogenated alkanes) is 1. The molecule has 0 aromatic heterocycles. The summed E-state index contributed by atoms with van der Waals surface area (Å²) < 4.78 is 4.93. The Hall–Kier alpha value is -3.59. The van der Waals surface area contributed by atoms with Gasteiger partial charge in [0.2, 0.25) is 0 Å². The second kappa shape index (κ2) is 11.3. The van der Waals surface area contributed by atoms with Crippen LogP contribution in [0.25, 0.3) is 0 Å². The number of hydrogen-bond donors (Lipinski definition) is 2. The monoisotopic (exact) mass is 391 g/mol. The summed E-state index contributed by atoms with van der Waals surface area (Å²) in [7, 11) is 0. The first-order valence-corrected chi connectivity index (χ1v) is 9.61. The molecule has 0 atom stereocenters. The number of hydrogen-bond acceptors (Lipinski definition) is 5. The lowest BCUT2D eigenvalue weighted by Gasteiger charge is -2.07. The zero-order valence-electron chi connectivity index (χ0n) is 16.7. The number of nitrogens with zero attached hydrogens (tertiary/aromatic N) is 1. The summed E-state index contributed by atoms with van der Waals surface area (Å²) >= 11 is 0. The third-order valence-electron chi connectivity index (χ3n) is 4.18. The third-order valence-corrected chi connectivity index (χ3v) is 4.18. The van der Waals surface area contributed by atoms with Gasteiger partial charge in [0, 0.05) is 17.6 Å². The highest BCUT2D eigenvalue weighted by molar-refractivity contribution is 6.06. The van der Waals surface area contributed by atoms with Crippen molar-refractivity contribution in [3.63, 3.8) is 0 Å². The molecular formula is C23H25N3O3. The van der Waals surface area contributed by atoms with Gasteiger partial charge in [0.25, 0.3) is 5.91 Å². The molecule has 0 aliphatic carbocycles. The van der Waals surface area contributed by atoms with Crippen LogP contribution >= 0.6 is 0 Å². The molecular weight excluding hydrogens is 366 g/mol. The van der Waals surface area contributed by atoms with Gasteiger partial charge in [-0.3, -0.25) is 4.79 Å². The van der Waals surface area contributed by atoms with E-state index in [1.807, 2.05) is 30.3 Å². The highest BCUT2D eigenvalue weighted by Gasteiger charge is 2.10. The predicted molar refractivity (Wildman–Crippen MR) is 113 cm³/mol. The van der Waals surface area contributed by atoms with Crippen molar-refractivity contribution in [1.82, 2.24) is 0 Å². The van der Waals surface area contributed by atoms with Crippen LogP contribution in [0.1, 0.15) is 42.6 Å². The normalized spacial score (nSPS) is 10.7. The Morgan fingerprint density at radius 2 is 1.69 bits per heavy atom. The van der Waals surface area contributed by atoms with Crippen molar-refractivity contribution < 1.29 is 14.3 Å². The Kier molecular flexibility index (Phi) is 8.46. The molecule has 2 aromatic carbocycles. The number of nitriles is 1. The van der Waals surface area contributed by atoms with E-state index < -0.39 is 11.9 Å². The minimum Gasteiger partial charge on any atom is -0.462 e. The predicted octanol–water partition coefficient (Wildman–Crippen LogP) is 4.66. The summed E-state index contributed by atoms with van der Waals surface area (Å²) in [5.74, 6) is -0.892. The van der Waals surface area contributed by atoms with Gasteiger partial charge in [-0.2, -0.15) is 5.26 Å². The van der Waals surface area contributed by atoms with E-state index >= 15 is 0 Å². The molecule has 2 aromatic rings. The van der Waals surface area contributed by atoms with E-state index in [0.717, 1.165) is 19.3 Å². The Bertz CT molecular complexity index is 894. The van der Waals surface area contributed by atoms with Crippen LogP contribution in [0.3, 0.4) is 0 Å². The molecule has 150 valence electrons. The number of esters is 1. The Balaban J connectivity index is 1.97. The molecule has 6 heteroatoms. The van der Waals surface area contributed by atoms with Gasteiger partial charge < -0.3 is 15.4 Å². The molecule has 0 aliphatic rings. The maximum Gasteiger partial charge on any atom is 0.338 e. The zero-order valence-corrected chi connectivity index (χ0v) is 16.7. The van der Waals surface area contributed by atoms with Crippen molar-refractivity contribution in [1.29, 1.82) is 5.26 Å². The topological polar surface area (TPSA) is 91.2 Å². The van der Waals surface area contributed by atoms with Crippen LogP contribution < -0.4 is 10.6 Å². The fourth-order valence-electron chi connectivity index (χ4n) is 2.56. The maximum absolute atomic E-state index is 12.3. The highest BCUT2D eigenvalue weighted by Crippen LogP contribution is 2.14. The number of aryl methyl sites for hydroxylation is 1. The van der Waals surface area contributed by atoms with Crippen LogP contribution in [-0.2, 0) is 16.0 Å². The molecule has 0 spiro atoms. The molecule has 0 unspecified atom stereocenters. The molecule has 0 saturated carbocycles. The molecule has 0 radical (unpaired) electrons.